The molecule has 7 heteroatoms. The van der Waals surface area contributed by atoms with Crippen molar-refractivity contribution in [1.29, 1.82) is 0 Å². The van der Waals surface area contributed by atoms with Gasteiger partial charge in [0.2, 0.25) is 5.91 Å². The van der Waals surface area contributed by atoms with Gasteiger partial charge in [-0.1, -0.05) is 25.7 Å². The summed E-state index contributed by atoms with van der Waals surface area (Å²) in [6.45, 7) is 1.52. The van der Waals surface area contributed by atoms with Crippen LogP contribution in [0.1, 0.15) is 57.3 Å². The van der Waals surface area contributed by atoms with Crippen LogP contribution >= 0.6 is 0 Å². The minimum Gasteiger partial charge on any atom is -0.467 e. The van der Waals surface area contributed by atoms with E-state index in [9.17, 15) is 14.4 Å². The van der Waals surface area contributed by atoms with Gasteiger partial charge in [0.15, 0.2) is 0 Å². The molecule has 1 aliphatic heterocycles. The molecule has 0 aromatic carbocycles. The van der Waals surface area contributed by atoms with Crippen molar-refractivity contribution in [3.63, 3.8) is 0 Å². The Hall–Kier alpha value is -2.31. The molecule has 1 aliphatic carbocycles. The van der Waals surface area contributed by atoms with Crippen molar-refractivity contribution in [2.45, 2.75) is 57.0 Å². The Morgan fingerprint density at radius 2 is 2.04 bits per heavy atom. The van der Waals surface area contributed by atoms with Gasteiger partial charge < -0.3 is 15.1 Å². The quantitative estimate of drug-likeness (QED) is 0.826. The molecular formula is C17H23N3O4. The number of urea groups is 1. The highest BCUT2D eigenvalue weighted by atomic mass is 16.3. The number of hydrogen-bond acceptors (Lipinski definition) is 4. The van der Waals surface area contributed by atoms with E-state index in [1.807, 2.05) is 0 Å². The lowest BCUT2D eigenvalue weighted by Gasteiger charge is -2.24. The van der Waals surface area contributed by atoms with Crippen LogP contribution in [0.15, 0.2) is 22.8 Å². The molecule has 1 saturated heterocycles. The van der Waals surface area contributed by atoms with Crippen LogP contribution in [0.2, 0.25) is 0 Å². The molecule has 1 aromatic heterocycles. The third-order valence-corrected chi connectivity index (χ3v) is 4.85. The first-order valence-corrected chi connectivity index (χ1v) is 8.49. The van der Waals surface area contributed by atoms with Crippen LogP contribution in [0.5, 0.6) is 0 Å². The molecule has 0 radical (unpaired) electrons. The maximum Gasteiger partial charge on any atom is 0.325 e. The molecule has 2 fully saturated rings. The number of rotatable bonds is 4. The van der Waals surface area contributed by atoms with Crippen molar-refractivity contribution < 1.29 is 18.8 Å². The predicted molar refractivity (Wildman–Crippen MR) is 85.9 cm³/mol. The van der Waals surface area contributed by atoms with E-state index in [1.165, 1.54) is 6.26 Å². The molecule has 4 amide bonds. The second-order valence-electron chi connectivity index (χ2n) is 6.62. The zero-order valence-electron chi connectivity index (χ0n) is 13.8. The summed E-state index contributed by atoms with van der Waals surface area (Å²) >= 11 is 0. The zero-order chi connectivity index (χ0) is 17.2. The zero-order valence-corrected chi connectivity index (χ0v) is 13.8. The number of imide groups is 1. The second kappa shape index (κ2) is 6.67. The topological polar surface area (TPSA) is 91.7 Å². The molecule has 2 aliphatic rings. The van der Waals surface area contributed by atoms with Crippen LogP contribution in [0.25, 0.3) is 0 Å². The molecule has 1 aromatic rings. The summed E-state index contributed by atoms with van der Waals surface area (Å²) in [5, 5.41) is 5.58. The van der Waals surface area contributed by atoms with E-state index in [-0.39, 0.29) is 24.4 Å². The van der Waals surface area contributed by atoms with Crippen LogP contribution in [0, 0.1) is 0 Å². The lowest BCUT2D eigenvalue weighted by molar-refractivity contribution is -0.135. The summed E-state index contributed by atoms with van der Waals surface area (Å²) in [6.07, 6.45) is 6.82. The summed E-state index contributed by atoms with van der Waals surface area (Å²) in [7, 11) is 0. The van der Waals surface area contributed by atoms with Crippen molar-refractivity contribution >= 4 is 17.8 Å². The average Bonchev–Trinajstić information content (AvgIpc) is 3.07. The SMILES string of the molecule is C[C@H](NC(=O)CN1C(=O)NC2(CCCCCC2)C1=O)c1ccco1. The Morgan fingerprint density at radius 3 is 2.67 bits per heavy atom. The molecule has 130 valence electrons. The third kappa shape index (κ3) is 3.16. The second-order valence-corrected chi connectivity index (χ2v) is 6.62. The van der Waals surface area contributed by atoms with E-state index in [4.69, 9.17) is 4.42 Å². The first-order chi connectivity index (χ1) is 11.5. The third-order valence-electron chi connectivity index (χ3n) is 4.85. The Bertz CT molecular complexity index is 618. The monoisotopic (exact) mass is 333 g/mol. The van der Waals surface area contributed by atoms with Crippen LogP contribution in [-0.4, -0.2) is 34.8 Å². The van der Waals surface area contributed by atoms with Crippen LogP contribution in [0.4, 0.5) is 4.79 Å². The molecule has 2 N–H and O–H groups in total. The van der Waals surface area contributed by atoms with Crippen molar-refractivity contribution in [3.8, 4) is 0 Å². The number of hydrogen-bond donors (Lipinski definition) is 2. The first-order valence-electron chi connectivity index (χ1n) is 8.49. The van der Waals surface area contributed by atoms with Gasteiger partial charge in [-0.2, -0.15) is 0 Å². The highest BCUT2D eigenvalue weighted by Crippen LogP contribution is 2.32. The molecule has 0 bridgehead atoms. The average molecular weight is 333 g/mol. The highest BCUT2D eigenvalue weighted by Gasteiger charge is 2.51. The van der Waals surface area contributed by atoms with Gasteiger partial charge in [-0.05, 0) is 31.9 Å². The molecular weight excluding hydrogens is 310 g/mol. The van der Waals surface area contributed by atoms with Crippen LogP contribution in [0.3, 0.4) is 0 Å². The van der Waals surface area contributed by atoms with Crippen molar-refractivity contribution in [2.24, 2.45) is 0 Å². The van der Waals surface area contributed by atoms with Crippen LogP contribution < -0.4 is 10.6 Å². The van der Waals surface area contributed by atoms with Gasteiger partial charge in [0.05, 0.1) is 12.3 Å². The Morgan fingerprint density at radius 1 is 1.33 bits per heavy atom. The van der Waals surface area contributed by atoms with Crippen molar-refractivity contribution in [3.05, 3.63) is 24.2 Å². The molecule has 7 nitrogen and oxygen atoms in total. The van der Waals surface area contributed by atoms with Gasteiger partial charge in [0, 0.05) is 0 Å². The molecule has 3 rings (SSSR count). The van der Waals surface area contributed by atoms with Gasteiger partial charge in [-0.3, -0.25) is 14.5 Å². The van der Waals surface area contributed by atoms with Crippen molar-refractivity contribution in [1.82, 2.24) is 15.5 Å². The summed E-state index contributed by atoms with van der Waals surface area (Å²) in [5.41, 5.74) is -0.805. The van der Waals surface area contributed by atoms with Gasteiger partial charge >= 0.3 is 6.03 Å². The number of carbonyl (C=O) groups excluding carboxylic acids is 3. The minimum atomic E-state index is -0.805. The van der Waals surface area contributed by atoms with E-state index in [0.717, 1.165) is 30.6 Å². The first kappa shape index (κ1) is 16.5. The Labute approximate surface area is 140 Å². The lowest BCUT2D eigenvalue weighted by Crippen LogP contribution is -2.47. The van der Waals surface area contributed by atoms with Gasteiger partial charge in [-0.15, -0.1) is 0 Å². The highest BCUT2D eigenvalue weighted by molar-refractivity contribution is 6.09. The van der Waals surface area contributed by atoms with Gasteiger partial charge in [0.1, 0.15) is 17.8 Å². The molecule has 1 spiro atoms. The molecule has 1 saturated carbocycles. The number of amides is 4. The molecule has 0 unspecified atom stereocenters. The summed E-state index contributed by atoms with van der Waals surface area (Å²) in [6, 6.07) is 2.72. The lowest BCUT2D eigenvalue weighted by atomic mass is 9.90. The molecule has 1 atom stereocenters. The predicted octanol–water partition coefficient (Wildman–Crippen LogP) is 2.10. The number of carbonyl (C=O) groups is 3. The molecule has 2 heterocycles. The van der Waals surface area contributed by atoms with Gasteiger partial charge in [0.25, 0.3) is 5.91 Å². The minimum absolute atomic E-state index is 0.266. The largest absolute Gasteiger partial charge is 0.467 e. The van der Waals surface area contributed by atoms with E-state index < -0.39 is 11.6 Å². The maximum atomic E-state index is 12.7. The number of furan rings is 1. The maximum absolute atomic E-state index is 12.7. The number of nitrogens with zero attached hydrogens (tertiary/aromatic N) is 1. The van der Waals surface area contributed by atoms with Gasteiger partial charge in [-0.25, -0.2) is 4.79 Å². The summed E-state index contributed by atoms with van der Waals surface area (Å²) in [5.74, 6) is -0.0240. The Kier molecular flexibility index (Phi) is 4.59. The normalized spacial score (nSPS) is 21.5. The fraction of sp³-hybridized carbons (Fsp3) is 0.588. The summed E-state index contributed by atoms with van der Waals surface area (Å²) < 4.78 is 5.24. The standard InChI is InChI=1S/C17H23N3O4/c1-12(13-7-6-10-24-13)18-14(21)11-20-15(22)17(19-16(20)23)8-4-2-3-5-9-17/h6-7,10,12H,2-5,8-9,11H2,1H3,(H,18,21)(H,19,23)/t12-/m0/s1. The van der Waals surface area contributed by atoms with E-state index in [1.54, 1.807) is 19.1 Å². The van der Waals surface area contributed by atoms with Crippen molar-refractivity contribution in [2.75, 3.05) is 6.54 Å². The van der Waals surface area contributed by atoms with E-state index in [0.29, 0.717) is 18.6 Å². The Balaban J connectivity index is 1.63. The fourth-order valence-corrected chi connectivity index (χ4v) is 3.53. The number of nitrogens with one attached hydrogen (secondary N) is 2. The van der Waals surface area contributed by atoms with E-state index >= 15 is 0 Å². The molecule has 24 heavy (non-hydrogen) atoms. The summed E-state index contributed by atoms with van der Waals surface area (Å²) in [4.78, 5) is 38.2. The van der Waals surface area contributed by atoms with Crippen LogP contribution in [-0.2, 0) is 9.59 Å². The fourth-order valence-electron chi connectivity index (χ4n) is 3.53. The van der Waals surface area contributed by atoms with E-state index in [2.05, 4.69) is 10.6 Å². The smallest absolute Gasteiger partial charge is 0.325 e.